The van der Waals surface area contributed by atoms with Crippen LogP contribution in [0.15, 0.2) is 11.2 Å². The highest BCUT2D eigenvalue weighted by Gasteiger charge is 2.21. The average Bonchev–Trinajstić information content (AvgIpc) is 2.59. The molecule has 1 rings (SSSR count). The van der Waals surface area contributed by atoms with E-state index in [1.54, 1.807) is 18.5 Å². The number of hydrogen-bond donors (Lipinski definition) is 2. The second-order valence-corrected chi connectivity index (χ2v) is 5.64. The first kappa shape index (κ1) is 14.1. The maximum absolute atomic E-state index is 12.0. The Morgan fingerprint density at radius 2 is 2.24 bits per heavy atom. The largest absolute Gasteiger partial charge is 0.396 e. The summed E-state index contributed by atoms with van der Waals surface area (Å²) in [5.74, 6) is 0.639. The number of sulfonamides is 1. The smallest absolute Gasteiger partial charge is 0.259 e. The van der Waals surface area contributed by atoms with Gasteiger partial charge in [0, 0.05) is 25.9 Å². The lowest BCUT2D eigenvalue weighted by Crippen LogP contribution is -2.35. The molecule has 1 unspecified atom stereocenters. The van der Waals surface area contributed by atoms with Gasteiger partial charge in [-0.1, -0.05) is 6.92 Å². The van der Waals surface area contributed by atoms with Crippen molar-refractivity contribution in [3.8, 4) is 0 Å². The van der Waals surface area contributed by atoms with Crippen LogP contribution >= 0.6 is 0 Å². The molecule has 0 saturated carbocycles. The van der Waals surface area contributed by atoms with E-state index in [1.165, 1.54) is 6.20 Å². The van der Waals surface area contributed by atoms with Crippen molar-refractivity contribution in [2.75, 3.05) is 6.61 Å². The summed E-state index contributed by atoms with van der Waals surface area (Å²) in [5, 5.41) is 8.85. The molecule has 1 aromatic heterocycles. The number of hydrogen-bond acceptors (Lipinski definition) is 4. The predicted octanol–water partition coefficient (Wildman–Crippen LogP) is 0.168. The van der Waals surface area contributed by atoms with Crippen LogP contribution in [0.3, 0.4) is 0 Å². The molecule has 7 heteroatoms. The van der Waals surface area contributed by atoms with Crippen molar-refractivity contribution in [3.63, 3.8) is 0 Å². The molecular formula is C10H19N3O3S. The van der Waals surface area contributed by atoms with Crippen molar-refractivity contribution in [3.05, 3.63) is 12.0 Å². The Morgan fingerprint density at radius 3 is 2.65 bits per heavy atom. The zero-order valence-corrected chi connectivity index (χ0v) is 11.2. The van der Waals surface area contributed by atoms with Gasteiger partial charge in [-0.15, -0.1) is 0 Å². The van der Waals surface area contributed by atoms with Crippen LogP contribution in [0.5, 0.6) is 0 Å². The minimum absolute atomic E-state index is 0.0221. The molecule has 0 aromatic carbocycles. The van der Waals surface area contributed by atoms with E-state index in [9.17, 15) is 8.42 Å². The highest BCUT2D eigenvalue weighted by atomic mass is 32.2. The van der Waals surface area contributed by atoms with Crippen molar-refractivity contribution in [1.29, 1.82) is 0 Å². The van der Waals surface area contributed by atoms with Crippen molar-refractivity contribution in [2.45, 2.75) is 37.8 Å². The molecule has 0 saturated heterocycles. The maximum Gasteiger partial charge on any atom is 0.259 e. The third-order valence-electron chi connectivity index (χ3n) is 2.65. The minimum atomic E-state index is -3.59. The Morgan fingerprint density at radius 1 is 1.59 bits per heavy atom. The second-order valence-electron chi connectivity index (χ2n) is 3.98. The monoisotopic (exact) mass is 261 g/mol. The second kappa shape index (κ2) is 5.61. The number of nitrogens with one attached hydrogen (secondary N) is 1. The number of aryl methyl sites for hydroxylation is 2. The van der Waals surface area contributed by atoms with E-state index < -0.39 is 10.0 Å². The lowest BCUT2D eigenvalue weighted by atomic mass is 10.2. The molecule has 1 atom stereocenters. The van der Waals surface area contributed by atoms with Gasteiger partial charge in [-0.2, -0.15) is 0 Å². The van der Waals surface area contributed by atoms with Gasteiger partial charge in [-0.3, -0.25) is 0 Å². The Bertz CT molecular complexity index is 448. The van der Waals surface area contributed by atoms with E-state index in [4.69, 9.17) is 5.11 Å². The van der Waals surface area contributed by atoms with Crippen LogP contribution in [0.1, 0.15) is 25.6 Å². The van der Waals surface area contributed by atoms with Gasteiger partial charge in [-0.25, -0.2) is 18.1 Å². The SMILES string of the molecule is CCC(CCO)NS(=O)(=O)c1cn(C)c(C)n1. The Kier molecular flexibility index (Phi) is 4.67. The molecule has 0 spiro atoms. The number of aliphatic hydroxyl groups is 1. The van der Waals surface area contributed by atoms with Crippen LogP contribution in [-0.4, -0.2) is 35.7 Å². The average molecular weight is 261 g/mol. The molecule has 0 bridgehead atoms. The van der Waals surface area contributed by atoms with Gasteiger partial charge in [0.2, 0.25) is 0 Å². The maximum atomic E-state index is 12.0. The Balaban J connectivity index is 2.88. The molecular weight excluding hydrogens is 242 g/mol. The highest BCUT2D eigenvalue weighted by molar-refractivity contribution is 7.89. The van der Waals surface area contributed by atoms with Gasteiger partial charge in [-0.05, 0) is 19.8 Å². The van der Waals surface area contributed by atoms with E-state index >= 15 is 0 Å². The van der Waals surface area contributed by atoms with Crippen molar-refractivity contribution in [1.82, 2.24) is 14.3 Å². The van der Waals surface area contributed by atoms with Gasteiger partial charge in [0.05, 0.1) is 0 Å². The van der Waals surface area contributed by atoms with Gasteiger partial charge in [0.15, 0.2) is 5.03 Å². The van der Waals surface area contributed by atoms with E-state index in [-0.39, 0.29) is 17.7 Å². The molecule has 0 aliphatic carbocycles. The Hall–Kier alpha value is -0.920. The molecule has 1 heterocycles. The van der Waals surface area contributed by atoms with Gasteiger partial charge >= 0.3 is 0 Å². The van der Waals surface area contributed by atoms with Gasteiger partial charge in [0.25, 0.3) is 10.0 Å². The quantitative estimate of drug-likeness (QED) is 0.764. The summed E-state index contributed by atoms with van der Waals surface area (Å²) in [6.07, 6.45) is 2.51. The fourth-order valence-corrected chi connectivity index (χ4v) is 2.83. The summed E-state index contributed by atoms with van der Waals surface area (Å²) >= 11 is 0. The predicted molar refractivity (Wildman–Crippen MR) is 64.0 cm³/mol. The van der Waals surface area contributed by atoms with Gasteiger partial charge < -0.3 is 9.67 Å². The highest BCUT2D eigenvalue weighted by Crippen LogP contribution is 2.10. The van der Waals surface area contributed by atoms with Crippen molar-refractivity contribution in [2.24, 2.45) is 7.05 Å². The molecule has 17 heavy (non-hydrogen) atoms. The van der Waals surface area contributed by atoms with Crippen LogP contribution < -0.4 is 4.72 Å². The standard InChI is InChI=1S/C10H19N3O3S/c1-4-9(5-6-14)12-17(15,16)10-7-13(3)8(2)11-10/h7,9,12,14H,4-6H2,1-3H3. The fourth-order valence-electron chi connectivity index (χ4n) is 1.44. The number of rotatable bonds is 6. The van der Waals surface area contributed by atoms with Crippen LogP contribution in [0, 0.1) is 6.92 Å². The van der Waals surface area contributed by atoms with Crippen LogP contribution in [0.4, 0.5) is 0 Å². The molecule has 6 nitrogen and oxygen atoms in total. The zero-order chi connectivity index (χ0) is 13.1. The topological polar surface area (TPSA) is 84.2 Å². The summed E-state index contributed by atoms with van der Waals surface area (Å²) in [6, 6.07) is -0.257. The van der Waals surface area contributed by atoms with Crippen molar-refractivity contribution < 1.29 is 13.5 Å². The summed E-state index contributed by atoms with van der Waals surface area (Å²) in [5.41, 5.74) is 0. The molecule has 1 aromatic rings. The summed E-state index contributed by atoms with van der Waals surface area (Å²) < 4.78 is 28.1. The molecule has 0 aliphatic rings. The fraction of sp³-hybridized carbons (Fsp3) is 0.700. The molecule has 0 aliphatic heterocycles. The minimum Gasteiger partial charge on any atom is -0.396 e. The first-order valence-electron chi connectivity index (χ1n) is 5.53. The molecule has 0 fully saturated rings. The molecule has 0 radical (unpaired) electrons. The number of aromatic nitrogens is 2. The van der Waals surface area contributed by atoms with Crippen LogP contribution in [-0.2, 0) is 17.1 Å². The third kappa shape index (κ3) is 3.52. The summed E-state index contributed by atoms with van der Waals surface area (Å²) in [6.45, 7) is 3.57. The molecule has 2 N–H and O–H groups in total. The van der Waals surface area contributed by atoms with Gasteiger partial charge in [0.1, 0.15) is 5.82 Å². The summed E-state index contributed by atoms with van der Waals surface area (Å²) in [4.78, 5) is 3.98. The van der Waals surface area contributed by atoms with E-state index in [1.807, 2.05) is 6.92 Å². The number of nitrogens with zero attached hydrogens (tertiary/aromatic N) is 2. The first-order chi connectivity index (χ1) is 7.90. The first-order valence-corrected chi connectivity index (χ1v) is 7.02. The van der Waals surface area contributed by atoms with E-state index in [0.29, 0.717) is 18.7 Å². The molecule has 0 amide bonds. The zero-order valence-electron chi connectivity index (χ0n) is 10.3. The van der Waals surface area contributed by atoms with Crippen LogP contribution in [0.25, 0.3) is 0 Å². The number of imidazole rings is 1. The Labute approximate surface area is 102 Å². The van der Waals surface area contributed by atoms with Crippen molar-refractivity contribution >= 4 is 10.0 Å². The lowest BCUT2D eigenvalue weighted by Gasteiger charge is -2.14. The summed E-state index contributed by atoms with van der Waals surface area (Å²) in [7, 11) is -1.85. The number of aliphatic hydroxyl groups excluding tert-OH is 1. The third-order valence-corrected chi connectivity index (χ3v) is 4.05. The normalized spacial score (nSPS) is 13.9. The lowest BCUT2D eigenvalue weighted by molar-refractivity contribution is 0.270. The van der Waals surface area contributed by atoms with E-state index in [2.05, 4.69) is 9.71 Å². The molecule has 98 valence electrons. The van der Waals surface area contributed by atoms with E-state index in [0.717, 1.165) is 0 Å². The van der Waals surface area contributed by atoms with Crippen LogP contribution in [0.2, 0.25) is 0 Å².